The van der Waals surface area contributed by atoms with Gasteiger partial charge >= 0.3 is 118 Å². The number of fused-ring (bicyclic) bond motifs is 12. The average molecular weight is 2300 g/mol. The summed E-state index contributed by atoms with van der Waals surface area (Å²) >= 11 is 13.6. The normalized spacial score (nSPS) is 16.9. The third-order valence-corrected chi connectivity index (χ3v) is 29.5. The molecule has 696 valence electrons. The summed E-state index contributed by atoms with van der Waals surface area (Å²) in [6.07, 6.45) is 1.05. The molecule has 0 radical (unpaired) electrons. The van der Waals surface area contributed by atoms with Crippen LogP contribution >= 0.6 is 63.7 Å². The van der Waals surface area contributed by atoms with Gasteiger partial charge < -0.3 is 50.6 Å². The number of H-pyrrole nitrogens is 2. The maximum absolute atomic E-state index is 12.7. The minimum Gasteiger partial charge on any atom is -0.744 e. The molecule has 0 fully saturated rings. The number of hydrogen-bond acceptors (Lipinski definition) is 28. The van der Waals surface area contributed by atoms with Crippen molar-refractivity contribution in [1.29, 1.82) is 0 Å². The molecule has 8 heterocycles. The van der Waals surface area contributed by atoms with Crippen LogP contribution in [0.3, 0.4) is 0 Å². The van der Waals surface area contributed by atoms with E-state index in [-0.39, 0.29) is 239 Å². The van der Waals surface area contributed by atoms with Gasteiger partial charge in [0.05, 0.1) is 76.9 Å². The Morgan fingerprint density at radius 3 is 1.24 bits per heavy atom. The van der Waals surface area contributed by atoms with Gasteiger partial charge in [0, 0.05) is 149 Å². The second-order valence-electron chi connectivity index (χ2n) is 32.5. The Kier molecular flexibility index (Phi) is 31.1. The van der Waals surface area contributed by atoms with Gasteiger partial charge in [0.15, 0.2) is 34.9 Å². The fourth-order valence-corrected chi connectivity index (χ4v) is 21.2. The van der Waals surface area contributed by atoms with Crippen molar-refractivity contribution in [3.8, 4) is 11.8 Å². The molecule has 0 saturated heterocycles. The molecule has 0 spiro atoms. The van der Waals surface area contributed by atoms with Crippen molar-refractivity contribution in [3.05, 3.63) is 395 Å². The summed E-state index contributed by atoms with van der Waals surface area (Å²) in [4.78, 5) is 138. The molecule has 44 heteroatoms. The number of aliphatic imine (C=N–C) groups is 2. The predicted molar refractivity (Wildman–Crippen MR) is 524 cm³/mol. The van der Waals surface area contributed by atoms with Crippen molar-refractivity contribution in [3.63, 3.8) is 0 Å². The van der Waals surface area contributed by atoms with Crippen LogP contribution in [0.5, 0.6) is 11.8 Å². The van der Waals surface area contributed by atoms with Crippen molar-refractivity contribution in [2.45, 2.75) is 45.3 Å². The minimum atomic E-state index is -4.76. The van der Waals surface area contributed by atoms with Crippen LogP contribution < -0.4 is 139 Å². The van der Waals surface area contributed by atoms with Crippen LogP contribution in [0.25, 0.3) is 21.8 Å². The van der Waals surface area contributed by atoms with Gasteiger partial charge in [-0.3, -0.25) is 57.1 Å². The number of nitrogens with one attached hydrogen (secondary N) is 6. The number of allylic oxidation sites excluding steroid dienone is 8. The van der Waals surface area contributed by atoms with E-state index in [0.29, 0.717) is 108 Å². The van der Waals surface area contributed by atoms with E-state index in [1.807, 2.05) is 121 Å². The van der Waals surface area contributed by atoms with Crippen molar-refractivity contribution < 1.29 is 228 Å². The van der Waals surface area contributed by atoms with Crippen molar-refractivity contribution in [1.82, 2.24) is 9.97 Å². The Bertz CT molecular complexity index is 8650. The van der Waals surface area contributed by atoms with Gasteiger partial charge in [-0.25, -0.2) is 26.8 Å². The van der Waals surface area contributed by atoms with Crippen LogP contribution in [0, 0.1) is 0 Å². The maximum Gasteiger partial charge on any atom is 1.00 e. The quantitative estimate of drug-likeness (QED) is 0.0542. The van der Waals surface area contributed by atoms with E-state index in [1.165, 1.54) is 30.3 Å². The Labute approximate surface area is 939 Å². The van der Waals surface area contributed by atoms with Crippen molar-refractivity contribution >= 4 is 229 Å². The average Bonchev–Trinajstić information content (AvgIpc) is 1.59. The van der Waals surface area contributed by atoms with Gasteiger partial charge in [0.1, 0.15) is 36.6 Å². The molecular weight excluding hydrogens is 2240 g/mol. The zero-order valence-electron chi connectivity index (χ0n) is 74.9. The second kappa shape index (κ2) is 41.8. The summed E-state index contributed by atoms with van der Waals surface area (Å²) < 4.78 is 135. The summed E-state index contributed by atoms with van der Waals surface area (Å²) in [5.41, 5.74) is 14.3. The predicted octanol–water partition coefficient (Wildman–Crippen LogP) is 5.70. The fourth-order valence-electron chi connectivity index (χ4n) is 17.6. The van der Waals surface area contributed by atoms with Gasteiger partial charge in [-0.2, -0.15) is 16.8 Å². The standard InChI is InChI=1S/C17H9Br2NO2.2C17H11NO8S2.C17H11NO2.C16H8Br2N2O2.C16H10N2O2.4Na/c18-9-1-3-11-8(5-9)6-13(16(11)21)15-17(22)12-4-2-10(19)7-14(12)20-15;19-16-11-6-9(27(21,22)23)2-1-8(11)5-13(16)15-17(20)12-7-10(28(24,25)26)3-4-14(12)18-15;19-16-11-7-9(27(21,22)23)5-4-8(11)6-12(16)15-17(20)10-2-1-3-13(14(10)18-15)28(24,25)26;19-16-11-6-2-1-5-10(11)9-13(16)15-17(20)12-7-3-4-8-14(12)18-15;17-7-1-3-9-11(5-7)20-16(22)13(9)14-15(21)10-4-2-8(18)6-12(10)19-14;19-15-10-6-2-4-8-12(10)17-14(15)13-9-5-1-3-7-11(9)18-16(13)20;;;;/h1-5,7,20H,6H2;1-4,6-7,18H,5H2,(H,21,22,23)(H,24,25,26);1-5,7,18H,6H2,(H,21,22,23)(H,24,25,26);1-8,18H,9H2;1-6,20,22H;1-8,18,20H;;;;/q;;;;;;4*+1/p-2/b2*15-13-;15-12-;15-13-;;;;;;. The van der Waals surface area contributed by atoms with E-state index >= 15 is 0 Å². The molecule has 12 aromatic carbocycles. The first-order valence-corrected chi connectivity index (χ1v) is 50.4. The second-order valence-corrected chi connectivity index (χ2v) is 41.8. The van der Waals surface area contributed by atoms with Crippen molar-refractivity contribution in [2.75, 3.05) is 21.3 Å². The first kappa shape index (κ1) is 107. The zero-order valence-corrected chi connectivity index (χ0v) is 92.5. The number of para-hydroxylation sites is 4. The molecule has 4 aliphatic carbocycles. The molecule has 0 amide bonds. The number of nitrogens with zero attached hydrogens (tertiary/aromatic N) is 2. The molecule has 24 rings (SSSR count). The van der Waals surface area contributed by atoms with E-state index in [1.54, 1.807) is 48.5 Å². The molecule has 6 aliphatic heterocycles. The molecule has 0 unspecified atom stereocenters. The van der Waals surface area contributed by atoms with Crippen LogP contribution in [0.15, 0.2) is 335 Å². The summed E-state index contributed by atoms with van der Waals surface area (Å²) in [6, 6.07) is 65.4. The SMILES string of the molecule is O=C1/C(=C2\Nc3c(cccc3S(=O)(=O)O)C2=O)Cc2ccc(S(=O)(=O)[O-])cc21.O=C1/C(=C2\Nc3cc(Br)ccc3C2=O)Cc2cc(Br)ccc21.O=C1/C(=C2\Nc3ccc(S(=O)(=O)O)cc3C2=O)Cc2ccc(S(=O)(=O)[O-])cc21.O=C1/C(=C2\Nc3ccccc3C2=O)Cc2ccccc21.O=C1C(c2c(O)[nH]c3cc(Br)ccc23)=Nc2cc(Br)ccc21.O=C1C(c2c(O)[nH]c3ccccc23)=Nc2ccccc21.[Na+].[Na+].[Na+].[Na+]. The van der Waals surface area contributed by atoms with Gasteiger partial charge in [0.25, 0.3) is 20.2 Å². The third-order valence-electron chi connectivity index (χ3n) is 24.1. The first-order chi connectivity index (χ1) is 66.5. The Balaban J connectivity index is 0.000000130. The number of aromatic hydroxyl groups is 2. The van der Waals surface area contributed by atoms with E-state index in [0.717, 1.165) is 105 Å². The monoisotopic (exact) mass is 2290 g/mol. The smallest absolute Gasteiger partial charge is 0.744 e. The maximum atomic E-state index is 12.7. The fraction of sp³-hybridized carbons (Fsp3) is 0.0400. The van der Waals surface area contributed by atoms with E-state index in [2.05, 4.69) is 105 Å². The Hall–Kier alpha value is -10.9. The number of benzene rings is 12. The number of carbonyl (C=O) groups excluding carboxylic acids is 10. The number of Topliss-reactive ketones (excluding diaryl/α,β-unsaturated/α-hetero) is 10. The minimum absolute atomic E-state index is 0. The van der Waals surface area contributed by atoms with E-state index in [4.69, 9.17) is 4.55 Å². The van der Waals surface area contributed by atoms with Gasteiger partial charge in [-0.05, 0) is 174 Å². The van der Waals surface area contributed by atoms with E-state index < -0.39 is 83.2 Å². The summed E-state index contributed by atoms with van der Waals surface area (Å²) in [5, 5.41) is 33.5. The Morgan fingerprint density at radius 1 is 0.292 bits per heavy atom. The first-order valence-electron chi connectivity index (χ1n) is 41.5. The summed E-state index contributed by atoms with van der Waals surface area (Å²) in [6.45, 7) is 0. The Morgan fingerprint density at radius 2 is 0.681 bits per heavy atom. The van der Waals surface area contributed by atoms with Crippen LogP contribution in [-0.4, -0.2) is 141 Å². The summed E-state index contributed by atoms with van der Waals surface area (Å²) in [7, 11) is -18.6. The molecule has 0 bridgehead atoms. The van der Waals surface area contributed by atoms with Gasteiger partial charge in [0.2, 0.25) is 34.7 Å². The van der Waals surface area contributed by atoms with Gasteiger partial charge in [-0.15, -0.1) is 0 Å². The number of rotatable bonds is 6. The number of halogens is 4. The molecule has 144 heavy (non-hydrogen) atoms. The molecule has 14 aromatic rings. The number of aromatic nitrogens is 2. The third kappa shape index (κ3) is 20.4. The molecule has 2 aromatic heterocycles. The molecule has 0 saturated carbocycles. The molecule has 32 nitrogen and oxygen atoms in total. The number of carbonyl (C=O) groups is 10. The molecule has 0 atom stereocenters. The van der Waals surface area contributed by atoms with Crippen LogP contribution in [0.4, 0.5) is 34.1 Å². The molecule has 10 N–H and O–H groups in total. The summed E-state index contributed by atoms with van der Waals surface area (Å²) in [5.74, 6) is -3.21. The number of aromatic amines is 2. The topological polar surface area (TPSA) is 539 Å². The van der Waals surface area contributed by atoms with Gasteiger partial charge in [-0.1, -0.05) is 155 Å². The van der Waals surface area contributed by atoms with Crippen molar-refractivity contribution in [2.24, 2.45) is 9.98 Å². The van der Waals surface area contributed by atoms with Crippen LogP contribution in [-0.2, 0) is 66.2 Å². The van der Waals surface area contributed by atoms with Crippen LogP contribution in [0.2, 0.25) is 0 Å². The number of hydrogen-bond donors (Lipinski definition) is 10. The van der Waals surface area contributed by atoms with E-state index in [9.17, 15) is 105 Å². The van der Waals surface area contributed by atoms with Crippen LogP contribution in [0.1, 0.15) is 137 Å². The molecular formula is C100H58Br4N8Na4O24S4+2. The largest absolute Gasteiger partial charge is 1.00 e. The molecule has 10 aliphatic rings. The zero-order chi connectivity index (χ0) is 99.1. The number of anilines is 4. The number of ketones is 10.